The molecule has 1 saturated carbocycles. The number of hydrogen-bond acceptors (Lipinski definition) is 3. The van der Waals surface area contributed by atoms with Gasteiger partial charge in [0.2, 0.25) is 6.08 Å². The van der Waals surface area contributed by atoms with Crippen molar-refractivity contribution in [2.75, 3.05) is 0 Å². The summed E-state index contributed by atoms with van der Waals surface area (Å²) >= 11 is 0. The van der Waals surface area contributed by atoms with Gasteiger partial charge < -0.3 is 5.11 Å². The van der Waals surface area contributed by atoms with E-state index in [0.717, 1.165) is 6.07 Å². The summed E-state index contributed by atoms with van der Waals surface area (Å²) in [5.74, 6) is 0. The second-order valence-corrected chi connectivity index (χ2v) is 5.13. The Morgan fingerprint density at radius 3 is 2.37 bits per heavy atom. The fourth-order valence-corrected chi connectivity index (χ4v) is 2.76. The lowest BCUT2D eigenvalue weighted by molar-refractivity contribution is -0.141. The Hall–Kier alpha value is -1.65. The van der Waals surface area contributed by atoms with Crippen molar-refractivity contribution in [1.29, 1.82) is 0 Å². The predicted octanol–water partition coefficient (Wildman–Crippen LogP) is 2.78. The van der Waals surface area contributed by atoms with Crippen LogP contribution < -0.4 is 0 Å². The monoisotopic (exact) mass is 271 g/mol. The van der Waals surface area contributed by atoms with E-state index in [-0.39, 0.29) is 18.4 Å². The lowest BCUT2D eigenvalue weighted by atomic mass is 9.62. The van der Waals surface area contributed by atoms with Gasteiger partial charge in [-0.1, -0.05) is 18.2 Å². The zero-order valence-electron chi connectivity index (χ0n) is 10.2. The molecule has 0 atom stereocenters. The van der Waals surface area contributed by atoms with Gasteiger partial charge in [-0.25, -0.2) is 4.79 Å². The number of halogens is 3. The van der Waals surface area contributed by atoms with Crippen LogP contribution in [0, 0.1) is 0 Å². The number of hydrogen-bond donors (Lipinski definition) is 1. The molecule has 0 saturated heterocycles. The van der Waals surface area contributed by atoms with Crippen LogP contribution in [0.2, 0.25) is 0 Å². The summed E-state index contributed by atoms with van der Waals surface area (Å²) in [6.07, 6.45) is -3.25. The van der Waals surface area contributed by atoms with Gasteiger partial charge >= 0.3 is 6.18 Å². The first-order chi connectivity index (χ1) is 8.70. The van der Waals surface area contributed by atoms with E-state index in [2.05, 4.69) is 4.99 Å². The number of rotatable bonds is 2. The molecule has 0 unspecified atom stereocenters. The zero-order valence-corrected chi connectivity index (χ0v) is 10.2. The molecule has 2 rings (SSSR count). The van der Waals surface area contributed by atoms with Crippen LogP contribution in [0.5, 0.6) is 0 Å². The maximum atomic E-state index is 13.0. The van der Waals surface area contributed by atoms with Crippen molar-refractivity contribution in [2.45, 2.75) is 37.1 Å². The maximum Gasteiger partial charge on any atom is 0.416 e. The molecule has 0 radical (unpaired) electrons. The molecule has 0 aliphatic heterocycles. The highest BCUT2D eigenvalue weighted by atomic mass is 19.4. The van der Waals surface area contributed by atoms with Gasteiger partial charge in [-0.3, -0.25) is 0 Å². The number of nitrogens with zero attached hydrogens (tertiary/aromatic N) is 1. The van der Waals surface area contributed by atoms with Gasteiger partial charge in [0.25, 0.3) is 0 Å². The molecule has 0 spiro atoms. The van der Waals surface area contributed by atoms with Crippen LogP contribution in [0.3, 0.4) is 0 Å². The molecule has 1 aromatic rings. The van der Waals surface area contributed by atoms with Crippen molar-refractivity contribution in [1.82, 2.24) is 0 Å². The highest BCUT2D eigenvalue weighted by Gasteiger charge is 2.55. The van der Waals surface area contributed by atoms with E-state index < -0.39 is 22.9 Å². The summed E-state index contributed by atoms with van der Waals surface area (Å²) in [7, 11) is 0. The van der Waals surface area contributed by atoms with Crippen molar-refractivity contribution in [3.05, 3.63) is 35.4 Å². The largest absolute Gasteiger partial charge is 0.416 e. The highest BCUT2D eigenvalue weighted by Crippen LogP contribution is 2.53. The molecule has 1 aromatic carbocycles. The topological polar surface area (TPSA) is 49.7 Å². The Balaban J connectivity index is 2.54. The third-order valence-corrected chi connectivity index (χ3v) is 3.34. The van der Waals surface area contributed by atoms with E-state index in [0.29, 0.717) is 0 Å². The molecule has 1 N–H and O–H groups in total. The summed E-state index contributed by atoms with van der Waals surface area (Å²) in [6.45, 7) is 1.50. The minimum Gasteiger partial charge on any atom is -0.390 e. The average molecular weight is 271 g/mol. The lowest BCUT2D eigenvalue weighted by Gasteiger charge is -2.49. The SMILES string of the molecule is CC1(O)CC(N=C=O)(c2ccccc2C(F)(F)F)C1. The van der Waals surface area contributed by atoms with Crippen LogP contribution in [0.4, 0.5) is 13.2 Å². The number of carbonyl (C=O) groups excluding carboxylic acids is 1. The number of benzene rings is 1. The molecule has 0 amide bonds. The third kappa shape index (κ3) is 2.41. The first kappa shape index (κ1) is 13.8. The van der Waals surface area contributed by atoms with Crippen LogP contribution >= 0.6 is 0 Å². The minimum atomic E-state index is -4.52. The van der Waals surface area contributed by atoms with Crippen LogP contribution in [-0.2, 0) is 16.5 Å². The zero-order chi connectivity index (χ0) is 14.3. The van der Waals surface area contributed by atoms with Crippen molar-refractivity contribution in [3.63, 3.8) is 0 Å². The highest BCUT2D eigenvalue weighted by molar-refractivity contribution is 5.44. The van der Waals surface area contributed by atoms with E-state index in [1.54, 1.807) is 0 Å². The van der Waals surface area contributed by atoms with Gasteiger partial charge in [0.05, 0.1) is 11.2 Å². The molecule has 0 bridgehead atoms. The van der Waals surface area contributed by atoms with Crippen LogP contribution in [-0.4, -0.2) is 16.8 Å². The Bertz CT molecular complexity index is 537. The van der Waals surface area contributed by atoms with Crippen LogP contribution in [0.15, 0.2) is 29.3 Å². The maximum absolute atomic E-state index is 13.0. The van der Waals surface area contributed by atoms with E-state index in [1.807, 2.05) is 0 Å². The van der Waals surface area contributed by atoms with Crippen molar-refractivity contribution >= 4 is 6.08 Å². The molecular weight excluding hydrogens is 259 g/mol. The summed E-state index contributed by atoms with van der Waals surface area (Å²) in [6, 6.07) is 4.98. The smallest absolute Gasteiger partial charge is 0.390 e. The van der Waals surface area contributed by atoms with Crippen molar-refractivity contribution < 1.29 is 23.1 Å². The summed E-state index contributed by atoms with van der Waals surface area (Å²) in [5, 5.41) is 9.76. The van der Waals surface area contributed by atoms with E-state index >= 15 is 0 Å². The fourth-order valence-electron chi connectivity index (χ4n) is 2.76. The first-order valence-corrected chi connectivity index (χ1v) is 5.68. The Morgan fingerprint density at radius 2 is 1.89 bits per heavy atom. The molecule has 1 aliphatic carbocycles. The molecule has 19 heavy (non-hydrogen) atoms. The quantitative estimate of drug-likeness (QED) is 0.664. The van der Waals surface area contributed by atoms with Gasteiger partial charge in [-0.05, 0) is 18.6 Å². The minimum absolute atomic E-state index is 0.0255. The standard InChI is InChI=1S/C13H12F3NO2/c1-11(19)6-12(7-11,17-8-18)9-4-2-3-5-10(9)13(14,15)16/h2-5,19H,6-7H2,1H3. The van der Waals surface area contributed by atoms with Crippen LogP contribution in [0.1, 0.15) is 30.9 Å². The molecule has 3 nitrogen and oxygen atoms in total. The van der Waals surface area contributed by atoms with Gasteiger partial charge in [0, 0.05) is 12.8 Å². The third-order valence-electron chi connectivity index (χ3n) is 3.34. The van der Waals surface area contributed by atoms with E-state index in [4.69, 9.17) is 0 Å². The van der Waals surface area contributed by atoms with Crippen LogP contribution in [0.25, 0.3) is 0 Å². The molecular formula is C13H12F3NO2. The fraction of sp³-hybridized carbons (Fsp3) is 0.462. The van der Waals surface area contributed by atoms with E-state index in [9.17, 15) is 23.1 Å². The Labute approximate surface area is 107 Å². The van der Waals surface area contributed by atoms with Crippen molar-refractivity contribution in [2.24, 2.45) is 4.99 Å². The Morgan fingerprint density at radius 1 is 1.32 bits per heavy atom. The molecule has 6 heteroatoms. The number of aliphatic imine (C=N–C) groups is 1. The summed E-state index contributed by atoms with van der Waals surface area (Å²) in [5.41, 5.74) is -3.35. The molecule has 1 fully saturated rings. The molecule has 0 aromatic heterocycles. The average Bonchev–Trinajstić information content (AvgIpc) is 2.25. The normalized spacial score (nSPS) is 30.4. The van der Waals surface area contributed by atoms with Gasteiger partial charge in [0.15, 0.2) is 0 Å². The molecule has 102 valence electrons. The van der Waals surface area contributed by atoms with E-state index in [1.165, 1.54) is 31.2 Å². The number of isocyanates is 1. The second kappa shape index (κ2) is 4.18. The summed E-state index contributed by atoms with van der Waals surface area (Å²) in [4.78, 5) is 14.0. The first-order valence-electron chi connectivity index (χ1n) is 5.68. The van der Waals surface area contributed by atoms with Gasteiger partial charge in [-0.2, -0.15) is 18.2 Å². The predicted molar refractivity (Wildman–Crippen MR) is 61.1 cm³/mol. The van der Waals surface area contributed by atoms with Crippen molar-refractivity contribution in [3.8, 4) is 0 Å². The summed E-state index contributed by atoms with van der Waals surface area (Å²) < 4.78 is 38.9. The molecule has 0 heterocycles. The Kier molecular flexibility index (Phi) is 3.03. The van der Waals surface area contributed by atoms with Gasteiger partial charge in [0.1, 0.15) is 5.54 Å². The number of alkyl halides is 3. The number of aliphatic hydroxyl groups is 1. The lowest BCUT2D eigenvalue weighted by Crippen LogP contribution is -2.52. The molecule has 1 aliphatic rings. The second-order valence-electron chi connectivity index (χ2n) is 5.13. The van der Waals surface area contributed by atoms with Gasteiger partial charge in [-0.15, -0.1) is 0 Å².